The van der Waals surface area contributed by atoms with E-state index < -0.39 is 10.0 Å². The van der Waals surface area contributed by atoms with Gasteiger partial charge in [-0.1, -0.05) is 0 Å². The van der Waals surface area contributed by atoms with Crippen molar-refractivity contribution in [3.8, 4) is 11.5 Å². The average molecular weight is 377 g/mol. The molecule has 1 aliphatic heterocycles. The van der Waals surface area contributed by atoms with Gasteiger partial charge in [-0.2, -0.15) is 9.40 Å². The molecule has 8 heteroatoms. The third-order valence-corrected chi connectivity index (χ3v) is 7.04. The van der Waals surface area contributed by atoms with Crippen molar-refractivity contribution in [1.29, 1.82) is 0 Å². The highest BCUT2D eigenvalue weighted by Crippen LogP contribution is 2.38. The summed E-state index contributed by atoms with van der Waals surface area (Å²) in [5, 5.41) is 4.31. The van der Waals surface area contributed by atoms with E-state index in [1.54, 1.807) is 31.4 Å². The van der Waals surface area contributed by atoms with E-state index in [4.69, 9.17) is 9.47 Å². The molecule has 0 saturated heterocycles. The summed E-state index contributed by atoms with van der Waals surface area (Å²) < 4.78 is 41.0. The van der Waals surface area contributed by atoms with Crippen LogP contribution in [0.1, 0.15) is 36.6 Å². The monoisotopic (exact) mass is 377 g/mol. The quantitative estimate of drug-likeness (QED) is 0.820. The molecule has 0 saturated carbocycles. The van der Waals surface area contributed by atoms with E-state index >= 15 is 0 Å². The second kappa shape index (κ2) is 6.59. The Hall–Kier alpha value is -2.06. The number of hydrogen-bond donors (Lipinski definition) is 0. The number of aryl methyl sites for hydroxylation is 1. The minimum atomic E-state index is -3.66. The Balaban J connectivity index is 1.68. The lowest BCUT2D eigenvalue weighted by molar-refractivity contribution is 0.296. The highest BCUT2D eigenvalue weighted by Gasteiger charge is 2.34. The lowest BCUT2D eigenvalue weighted by atomic mass is 9.93. The molecule has 2 aromatic rings. The molecule has 7 nitrogen and oxygen atoms in total. The second-order valence-corrected chi connectivity index (χ2v) is 8.76. The van der Waals surface area contributed by atoms with Crippen molar-refractivity contribution in [2.45, 2.75) is 36.6 Å². The summed E-state index contributed by atoms with van der Waals surface area (Å²) in [6.45, 7) is 1.10. The third kappa shape index (κ3) is 2.87. The molecule has 140 valence electrons. The minimum Gasteiger partial charge on any atom is -0.490 e. The Kier molecular flexibility index (Phi) is 4.40. The normalized spacial score (nSPS) is 19.9. The zero-order valence-corrected chi connectivity index (χ0v) is 15.8. The van der Waals surface area contributed by atoms with Crippen LogP contribution in [0.5, 0.6) is 11.5 Å². The number of fused-ring (bicyclic) bond motifs is 2. The Morgan fingerprint density at radius 3 is 2.77 bits per heavy atom. The van der Waals surface area contributed by atoms with Crippen molar-refractivity contribution in [3.63, 3.8) is 0 Å². The first kappa shape index (κ1) is 17.4. The van der Waals surface area contributed by atoms with Crippen molar-refractivity contribution in [3.05, 3.63) is 35.7 Å². The van der Waals surface area contributed by atoms with Crippen LogP contribution in [0.2, 0.25) is 0 Å². The van der Waals surface area contributed by atoms with Crippen LogP contribution in [0.15, 0.2) is 29.3 Å². The summed E-state index contributed by atoms with van der Waals surface area (Å²) in [6.07, 6.45) is 5.24. The topological polar surface area (TPSA) is 73.7 Å². The minimum absolute atomic E-state index is 0.201. The van der Waals surface area contributed by atoms with E-state index in [-0.39, 0.29) is 10.9 Å². The van der Waals surface area contributed by atoms with Crippen molar-refractivity contribution in [2.75, 3.05) is 20.3 Å². The highest BCUT2D eigenvalue weighted by molar-refractivity contribution is 7.89. The van der Waals surface area contributed by atoms with Gasteiger partial charge in [0.15, 0.2) is 11.5 Å². The largest absolute Gasteiger partial charge is 0.490 e. The van der Waals surface area contributed by atoms with Crippen LogP contribution in [0, 0.1) is 0 Å². The number of ether oxygens (including phenoxy) is 2. The third-order valence-electron chi connectivity index (χ3n) is 5.18. The number of hydrogen-bond acceptors (Lipinski definition) is 5. The molecular weight excluding hydrogens is 354 g/mol. The van der Waals surface area contributed by atoms with Crippen LogP contribution < -0.4 is 9.47 Å². The first-order chi connectivity index (χ1) is 12.5. The van der Waals surface area contributed by atoms with Crippen LogP contribution in [-0.2, 0) is 23.5 Å². The van der Waals surface area contributed by atoms with Crippen molar-refractivity contribution < 1.29 is 17.9 Å². The van der Waals surface area contributed by atoms with Gasteiger partial charge in [-0.15, -0.1) is 0 Å². The van der Waals surface area contributed by atoms with Gasteiger partial charge in [0.1, 0.15) is 0 Å². The molecule has 0 bridgehead atoms. The molecule has 0 spiro atoms. The number of aromatic nitrogens is 2. The maximum absolute atomic E-state index is 13.2. The highest BCUT2D eigenvalue weighted by atomic mass is 32.2. The number of benzene rings is 1. The fourth-order valence-corrected chi connectivity index (χ4v) is 5.08. The summed E-state index contributed by atoms with van der Waals surface area (Å²) in [4.78, 5) is 0.222. The lowest BCUT2D eigenvalue weighted by Gasteiger charge is -2.30. The summed E-state index contributed by atoms with van der Waals surface area (Å²) >= 11 is 0. The lowest BCUT2D eigenvalue weighted by Crippen LogP contribution is -2.33. The molecule has 0 amide bonds. The molecule has 2 heterocycles. The summed E-state index contributed by atoms with van der Waals surface area (Å²) in [5.41, 5.74) is 2.11. The van der Waals surface area contributed by atoms with Gasteiger partial charge in [0, 0.05) is 37.8 Å². The van der Waals surface area contributed by atoms with Crippen LogP contribution in [-0.4, -0.2) is 42.8 Å². The van der Waals surface area contributed by atoms with Gasteiger partial charge in [0.25, 0.3) is 0 Å². The molecule has 4 rings (SSSR count). The predicted octanol–water partition coefficient (Wildman–Crippen LogP) is 2.28. The number of sulfonamides is 1. The summed E-state index contributed by atoms with van der Waals surface area (Å²) in [6, 6.07) is 4.64. The van der Waals surface area contributed by atoms with Gasteiger partial charge in [-0.25, -0.2) is 8.42 Å². The summed E-state index contributed by atoms with van der Waals surface area (Å²) in [7, 11) is -0.110. The molecule has 0 radical (unpaired) electrons. The molecule has 0 fully saturated rings. The maximum atomic E-state index is 13.2. The molecule has 1 aromatic carbocycles. The smallest absolute Gasteiger partial charge is 0.243 e. The van der Waals surface area contributed by atoms with E-state index in [2.05, 4.69) is 5.10 Å². The van der Waals surface area contributed by atoms with Gasteiger partial charge >= 0.3 is 0 Å². The van der Waals surface area contributed by atoms with Gasteiger partial charge in [0.2, 0.25) is 10.0 Å². The van der Waals surface area contributed by atoms with E-state index in [1.807, 2.05) is 11.7 Å². The first-order valence-electron chi connectivity index (χ1n) is 8.87. The maximum Gasteiger partial charge on any atom is 0.243 e. The summed E-state index contributed by atoms with van der Waals surface area (Å²) in [5.74, 6) is 1.08. The fourth-order valence-electron chi connectivity index (χ4n) is 3.70. The molecule has 2 aliphatic rings. The fraction of sp³-hybridized carbons (Fsp3) is 0.500. The van der Waals surface area contributed by atoms with Gasteiger partial charge in [0.05, 0.1) is 30.3 Å². The zero-order chi connectivity index (χ0) is 18.3. The Morgan fingerprint density at radius 2 is 1.96 bits per heavy atom. The molecule has 0 N–H and O–H groups in total. The standard InChI is InChI=1S/C18H23N3O4S/c1-20-15-5-3-6-16(14(15)12-19-20)21(2)26(22,23)13-7-8-17-18(11-13)25-10-4-9-24-17/h7-8,11-12,16H,3-6,9-10H2,1-2H3. The molecule has 1 aliphatic carbocycles. The van der Waals surface area contributed by atoms with Crippen LogP contribution in [0.3, 0.4) is 0 Å². The molecule has 26 heavy (non-hydrogen) atoms. The van der Waals surface area contributed by atoms with E-state index in [0.717, 1.165) is 36.9 Å². The number of nitrogens with zero attached hydrogens (tertiary/aromatic N) is 3. The van der Waals surface area contributed by atoms with Gasteiger partial charge in [-0.05, 0) is 31.4 Å². The molecule has 1 aromatic heterocycles. The Labute approximate surface area is 153 Å². The van der Waals surface area contributed by atoms with Crippen LogP contribution in [0.4, 0.5) is 0 Å². The van der Waals surface area contributed by atoms with Gasteiger partial charge in [-0.3, -0.25) is 4.68 Å². The Bertz CT molecular complexity index is 923. The van der Waals surface area contributed by atoms with E-state index in [1.165, 1.54) is 4.31 Å². The van der Waals surface area contributed by atoms with Crippen molar-refractivity contribution in [2.24, 2.45) is 7.05 Å². The molecule has 1 atom stereocenters. The van der Waals surface area contributed by atoms with E-state index in [9.17, 15) is 8.42 Å². The SMILES string of the molecule is CN(C1CCCc2c1cnn2C)S(=O)(=O)c1ccc2c(c1)OCCCO2. The zero-order valence-electron chi connectivity index (χ0n) is 15.0. The van der Waals surface area contributed by atoms with Crippen molar-refractivity contribution in [1.82, 2.24) is 14.1 Å². The average Bonchev–Trinajstić information content (AvgIpc) is 2.88. The van der Waals surface area contributed by atoms with Crippen LogP contribution in [0.25, 0.3) is 0 Å². The van der Waals surface area contributed by atoms with Crippen molar-refractivity contribution >= 4 is 10.0 Å². The van der Waals surface area contributed by atoms with Crippen LogP contribution >= 0.6 is 0 Å². The molecule has 1 unspecified atom stereocenters. The number of rotatable bonds is 3. The predicted molar refractivity (Wildman–Crippen MR) is 95.9 cm³/mol. The van der Waals surface area contributed by atoms with Gasteiger partial charge < -0.3 is 9.47 Å². The van der Waals surface area contributed by atoms with E-state index in [0.29, 0.717) is 24.7 Å². The molecular formula is C18H23N3O4S. The Morgan fingerprint density at radius 1 is 1.19 bits per heavy atom. The first-order valence-corrected chi connectivity index (χ1v) is 10.3. The second-order valence-electron chi connectivity index (χ2n) is 6.76.